The number of carbonyl (C=O) groups is 1. The van der Waals surface area contributed by atoms with E-state index in [0.29, 0.717) is 12.0 Å². The smallest absolute Gasteiger partial charge is 0.331 e. The van der Waals surface area contributed by atoms with E-state index >= 15 is 0 Å². The minimum Gasteiger partial charge on any atom is -0.478 e. The molecule has 0 unspecified atom stereocenters. The lowest BCUT2D eigenvalue weighted by Crippen LogP contribution is -1.97. The van der Waals surface area contributed by atoms with E-state index in [1.807, 2.05) is 43.4 Å². The number of carboxylic acids is 1. The van der Waals surface area contributed by atoms with Gasteiger partial charge in [0.1, 0.15) is 0 Å². The van der Waals surface area contributed by atoms with Gasteiger partial charge in [-0.25, -0.2) is 4.79 Å². The molecule has 0 aromatic carbocycles. The highest BCUT2D eigenvalue weighted by atomic mass is 16.4. The molecular weight excluding hydrogens is 344 g/mol. The SMILES string of the molecule is CCCCCCCCCCCC=CC=CC=CC=CC=CC=C(CC)C(=O)O. The fourth-order valence-electron chi connectivity index (χ4n) is 2.71. The highest BCUT2D eigenvalue weighted by Gasteiger charge is 2.00. The maximum absolute atomic E-state index is 10.8. The lowest BCUT2D eigenvalue weighted by Gasteiger charge is -2.00. The molecule has 0 radical (unpaired) electrons. The average Bonchev–Trinajstić information content (AvgIpc) is 2.69. The Morgan fingerprint density at radius 2 is 1.11 bits per heavy atom. The van der Waals surface area contributed by atoms with Crippen LogP contribution >= 0.6 is 0 Å². The zero-order valence-electron chi connectivity index (χ0n) is 18.0. The lowest BCUT2D eigenvalue weighted by atomic mass is 10.1. The topological polar surface area (TPSA) is 37.3 Å². The summed E-state index contributed by atoms with van der Waals surface area (Å²) in [7, 11) is 0. The fraction of sp³-hybridized carbons (Fsp3) is 0.500. The third-order valence-corrected chi connectivity index (χ3v) is 4.45. The highest BCUT2D eigenvalue weighted by molar-refractivity contribution is 5.86. The molecule has 2 heteroatoms. The monoisotopic (exact) mass is 384 g/mol. The summed E-state index contributed by atoms with van der Waals surface area (Å²) >= 11 is 0. The molecule has 1 N–H and O–H groups in total. The van der Waals surface area contributed by atoms with Crippen molar-refractivity contribution in [2.24, 2.45) is 0 Å². The van der Waals surface area contributed by atoms with Crippen molar-refractivity contribution < 1.29 is 9.90 Å². The molecule has 28 heavy (non-hydrogen) atoms. The zero-order chi connectivity index (χ0) is 20.7. The van der Waals surface area contributed by atoms with Gasteiger partial charge in [0.05, 0.1) is 0 Å². The Labute approximate surface area is 173 Å². The first-order valence-corrected chi connectivity index (χ1v) is 11.0. The van der Waals surface area contributed by atoms with Crippen molar-refractivity contribution in [1.82, 2.24) is 0 Å². The molecule has 0 bridgehead atoms. The predicted octanol–water partition coefficient (Wildman–Crippen LogP) is 8.11. The summed E-state index contributed by atoms with van der Waals surface area (Å²) in [6.07, 6.45) is 35.5. The van der Waals surface area contributed by atoms with Crippen LogP contribution in [0.25, 0.3) is 0 Å². The van der Waals surface area contributed by atoms with Crippen LogP contribution in [0.5, 0.6) is 0 Å². The Hall–Kier alpha value is -2.09. The van der Waals surface area contributed by atoms with Gasteiger partial charge in [0.25, 0.3) is 0 Å². The summed E-state index contributed by atoms with van der Waals surface area (Å²) in [5.74, 6) is -0.855. The molecule has 0 atom stereocenters. The molecule has 156 valence electrons. The Morgan fingerprint density at radius 3 is 1.61 bits per heavy atom. The van der Waals surface area contributed by atoms with Crippen molar-refractivity contribution in [3.05, 3.63) is 72.4 Å². The number of unbranched alkanes of at least 4 members (excludes halogenated alkanes) is 9. The van der Waals surface area contributed by atoms with Gasteiger partial charge in [-0.3, -0.25) is 0 Å². The van der Waals surface area contributed by atoms with E-state index in [2.05, 4.69) is 25.2 Å². The standard InChI is InChI=1S/C26H40O2/c1-3-5-6-7-8-9-10-11-12-13-14-15-16-17-18-19-20-21-22-23-24-25(4-2)26(27)28/h14-24H,3-13H2,1-2H3,(H,27,28). The van der Waals surface area contributed by atoms with Crippen molar-refractivity contribution in [1.29, 1.82) is 0 Å². The van der Waals surface area contributed by atoms with Gasteiger partial charge >= 0.3 is 5.97 Å². The summed E-state index contributed by atoms with van der Waals surface area (Å²) in [6.45, 7) is 4.10. The predicted molar refractivity (Wildman–Crippen MR) is 124 cm³/mol. The number of carboxylic acid groups (broad SMARTS) is 1. The Kier molecular flexibility index (Phi) is 19.6. The van der Waals surface area contributed by atoms with Gasteiger partial charge in [0, 0.05) is 5.57 Å². The van der Waals surface area contributed by atoms with Crippen LogP contribution in [-0.4, -0.2) is 11.1 Å². The van der Waals surface area contributed by atoms with Crippen LogP contribution in [-0.2, 0) is 4.79 Å². The van der Waals surface area contributed by atoms with Crippen molar-refractivity contribution >= 4 is 5.97 Å². The molecule has 2 nitrogen and oxygen atoms in total. The molecule has 0 aromatic heterocycles. The van der Waals surface area contributed by atoms with E-state index in [9.17, 15) is 4.79 Å². The maximum atomic E-state index is 10.8. The first-order chi connectivity index (χ1) is 13.7. The Balaban J connectivity index is 3.68. The van der Waals surface area contributed by atoms with Crippen LogP contribution in [0.15, 0.2) is 72.4 Å². The highest BCUT2D eigenvalue weighted by Crippen LogP contribution is 2.10. The molecule has 0 aliphatic carbocycles. The first-order valence-electron chi connectivity index (χ1n) is 11.0. The second-order valence-corrected chi connectivity index (χ2v) is 6.94. The van der Waals surface area contributed by atoms with Crippen molar-refractivity contribution in [3.63, 3.8) is 0 Å². The van der Waals surface area contributed by atoms with Crippen LogP contribution in [0.4, 0.5) is 0 Å². The number of allylic oxidation sites excluding steroid dienone is 11. The van der Waals surface area contributed by atoms with E-state index < -0.39 is 5.97 Å². The van der Waals surface area contributed by atoms with E-state index in [4.69, 9.17) is 5.11 Å². The van der Waals surface area contributed by atoms with Crippen LogP contribution in [0.3, 0.4) is 0 Å². The third kappa shape index (κ3) is 18.7. The van der Waals surface area contributed by atoms with Gasteiger partial charge in [0.15, 0.2) is 0 Å². The minimum atomic E-state index is -0.855. The fourth-order valence-corrected chi connectivity index (χ4v) is 2.71. The molecular formula is C26H40O2. The summed E-state index contributed by atoms with van der Waals surface area (Å²) in [4.78, 5) is 10.8. The Bertz CT molecular complexity index is 545. The van der Waals surface area contributed by atoms with Crippen LogP contribution in [0, 0.1) is 0 Å². The molecule has 0 saturated carbocycles. The van der Waals surface area contributed by atoms with Gasteiger partial charge in [-0.05, 0) is 19.3 Å². The number of aliphatic carboxylic acids is 1. The Morgan fingerprint density at radius 1 is 0.643 bits per heavy atom. The third-order valence-electron chi connectivity index (χ3n) is 4.45. The van der Waals surface area contributed by atoms with E-state index in [0.717, 1.165) is 6.42 Å². The largest absolute Gasteiger partial charge is 0.478 e. The minimum absolute atomic E-state index is 0.414. The molecule has 0 saturated heterocycles. The molecule has 0 amide bonds. The van der Waals surface area contributed by atoms with E-state index in [1.165, 1.54) is 57.8 Å². The van der Waals surface area contributed by atoms with Crippen LogP contribution in [0.1, 0.15) is 84.5 Å². The second-order valence-electron chi connectivity index (χ2n) is 6.94. The molecule has 0 aromatic rings. The van der Waals surface area contributed by atoms with E-state index in [-0.39, 0.29) is 0 Å². The van der Waals surface area contributed by atoms with Crippen LogP contribution < -0.4 is 0 Å². The number of rotatable bonds is 17. The molecule has 0 rings (SSSR count). The number of hydrogen-bond donors (Lipinski definition) is 1. The maximum Gasteiger partial charge on any atom is 0.331 e. The summed E-state index contributed by atoms with van der Waals surface area (Å²) in [5, 5.41) is 8.89. The number of hydrogen-bond acceptors (Lipinski definition) is 1. The van der Waals surface area contributed by atoms with Crippen molar-refractivity contribution in [2.75, 3.05) is 0 Å². The van der Waals surface area contributed by atoms with Gasteiger partial charge in [-0.2, -0.15) is 0 Å². The second kappa shape index (κ2) is 21.2. The molecule has 0 fully saturated rings. The zero-order valence-corrected chi connectivity index (χ0v) is 18.0. The first kappa shape index (κ1) is 25.9. The normalized spacial score (nSPS) is 13.3. The molecule has 0 aliphatic heterocycles. The molecule has 0 aliphatic rings. The van der Waals surface area contributed by atoms with Crippen LogP contribution in [0.2, 0.25) is 0 Å². The summed E-state index contributed by atoms with van der Waals surface area (Å²) in [6, 6.07) is 0. The van der Waals surface area contributed by atoms with Crippen molar-refractivity contribution in [2.45, 2.75) is 84.5 Å². The lowest BCUT2D eigenvalue weighted by molar-refractivity contribution is -0.132. The van der Waals surface area contributed by atoms with Gasteiger partial charge in [-0.15, -0.1) is 0 Å². The summed E-state index contributed by atoms with van der Waals surface area (Å²) in [5.41, 5.74) is 0.414. The average molecular weight is 385 g/mol. The molecule has 0 spiro atoms. The van der Waals surface area contributed by atoms with Gasteiger partial charge in [-0.1, -0.05) is 132 Å². The summed E-state index contributed by atoms with van der Waals surface area (Å²) < 4.78 is 0. The van der Waals surface area contributed by atoms with Gasteiger partial charge < -0.3 is 5.11 Å². The molecule has 0 heterocycles. The van der Waals surface area contributed by atoms with Gasteiger partial charge in [0.2, 0.25) is 0 Å². The van der Waals surface area contributed by atoms with Crippen molar-refractivity contribution in [3.8, 4) is 0 Å². The quantitative estimate of drug-likeness (QED) is 0.156. The van der Waals surface area contributed by atoms with E-state index in [1.54, 1.807) is 12.2 Å².